The second kappa shape index (κ2) is 9.13. The lowest BCUT2D eigenvalue weighted by Gasteiger charge is -2.13. The van der Waals surface area contributed by atoms with E-state index in [1.807, 2.05) is 11.3 Å². The summed E-state index contributed by atoms with van der Waals surface area (Å²) in [5.41, 5.74) is 6.86. The maximum atomic E-state index is 5.35. The van der Waals surface area contributed by atoms with Crippen molar-refractivity contribution in [1.82, 2.24) is 9.55 Å². The Bertz CT molecular complexity index is 2450. The van der Waals surface area contributed by atoms with Crippen LogP contribution in [-0.4, -0.2) is 9.55 Å². The highest BCUT2D eigenvalue weighted by Crippen LogP contribution is 2.41. The molecule has 0 atom stereocenters. The van der Waals surface area contributed by atoms with Crippen LogP contribution in [0.25, 0.3) is 81.0 Å². The van der Waals surface area contributed by atoms with Crippen molar-refractivity contribution in [2.24, 2.45) is 0 Å². The third-order valence-electron chi connectivity index (χ3n) is 8.40. The molecule has 0 bridgehead atoms. The van der Waals surface area contributed by atoms with Gasteiger partial charge < -0.3 is 0 Å². The molecule has 3 heteroatoms. The molecule has 0 radical (unpaired) electrons. The van der Waals surface area contributed by atoms with E-state index >= 15 is 0 Å². The van der Waals surface area contributed by atoms with Crippen LogP contribution < -0.4 is 0 Å². The lowest BCUT2D eigenvalue weighted by Crippen LogP contribution is -1.98. The SMILES string of the molecule is c1ccc(-c2nc3c4ccccc4c4ccccc4c3n2-c2ccc(-c3cccc4c3sc3ccccc34)cc2)cc1. The summed E-state index contributed by atoms with van der Waals surface area (Å²) in [4.78, 5) is 5.35. The molecule has 2 aromatic heterocycles. The number of aromatic nitrogens is 2. The Morgan fingerprint density at radius 3 is 1.86 bits per heavy atom. The third-order valence-corrected chi connectivity index (χ3v) is 9.62. The summed E-state index contributed by atoms with van der Waals surface area (Å²) < 4.78 is 5.01. The van der Waals surface area contributed by atoms with Gasteiger partial charge in [0.25, 0.3) is 0 Å². The quantitative estimate of drug-likeness (QED) is 0.199. The van der Waals surface area contributed by atoms with Crippen molar-refractivity contribution in [2.45, 2.75) is 0 Å². The summed E-state index contributed by atoms with van der Waals surface area (Å²) in [5, 5.41) is 7.51. The monoisotopic (exact) mass is 552 g/mol. The molecule has 42 heavy (non-hydrogen) atoms. The normalized spacial score (nSPS) is 11.8. The molecule has 2 nitrogen and oxygen atoms in total. The van der Waals surface area contributed by atoms with Crippen LogP contribution in [0, 0.1) is 0 Å². The molecular weight excluding hydrogens is 529 g/mol. The molecule has 196 valence electrons. The number of hydrogen-bond acceptors (Lipinski definition) is 2. The molecule has 0 aliphatic carbocycles. The van der Waals surface area contributed by atoms with Gasteiger partial charge in [-0.1, -0.05) is 127 Å². The number of hydrogen-bond donors (Lipinski definition) is 0. The van der Waals surface area contributed by atoms with Crippen molar-refractivity contribution in [1.29, 1.82) is 0 Å². The minimum atomic E-state index is 0.950. The molecule has 2 heterocycles. The minimum Gasteiger partial charge on any atom is -0.292 e. The summed E-state index contributed by atoms with van der Waals surface area (Å²) >= 11 is 1.87. The van der Waals surface area contributed by atoms with Crippen LogP contribution in [0.5, 0.6) is 0 Å². The molecule has 7 aromatic carbocycles. The fraction of sp³-hybridized carbons (Fsp3) is 0. The maximum Gasteiger partial charge on any atom is 0.145 e. The first-order valence-corrected chi connectivity index (χ1v) is 15.1. The van der Waals surface area contributed by atoms with E-state index in [4.69, 9.17) is 4.98 Å². The van der Waals surface area contributed by atoms with Crippen molar-refractivity contribution >= 4 is 64.1 Å². The van der Waals surface area contributed by atoms with Crippen molar-refractivity contribution in [3.63, 3.8) is 0 Å². The first-order valence-electron chi connectivity index (χ1n) is 14.2. The van der Waals surface area contributed by atoms with Crippen molar-refractivity contribution < 1.29 is 0 Å². The summed E-state index contributed by atoms with van der Waals surface area (Å²) in [6.07, 6.45) is 0. The van der Waals surface area contributed by atoms with Gasteiger partial charge in [-0.15, -0.1) is 11.3 Å². The van der Waals surface area contributed by atoms with E-state index in [-0.39, 0.29) is 0 Å². The number of nitrogens with zero attached hydrogens (tertiary/aromatic N) is 2. The van der Waals surface area contributed by atoms with Crippen LogP contribution in [0.1, 0.15) is 0 Å². The van der Waals surface area contributed by atoms with E-state index in [0.717, 1.165) is 28.1 Å². The Balaban J connectivity index is 1.31. The van der Waals surface area contributed by atoms with Gasteiger partial charge in [0.15, 0.2) is 0 Å². The lowest BCUT2D eigenvalue weighted by molar-refractivity contribution is 1.11. The van der Waals surface area contributed by atoms with Crippen LogP contribution >= 0.6 is 11.3 Å². The fourth-order valence-corrected chi connectivity index (χ4v) is 7.74. The van der Waals surface area contributed by atoms with Gasteiger partial charge in [0.1, 0.15) is 5.82 Å². The second-order valence-electron chi connectivity index (χ2n) is 10.8. The molecule has 0 fully saturated rings. The van der Waals surface area contributed by atoms with E-state index < -0.39 is 0 Å². The Labute approximate surface area is 246 Å². The van der Waals surface area contributed by atoms with Gasteiger partial charge in [0, 0.05) is 42.2 Å². The maximum absolute atomic E-state index is 5.35. The van der Waals surface area contributed by atoms with E-state index in [1.54, 1.807) is 0 Å². The smallest absolute Gasteiger partial charge is 0.145 e. The molecule has 0 amide bonds. The predicted molar refractivity (Wildman–Crippen MR) is 180 cm³/mol. The van der Waals surface area contributed by atoms with Crippen LogP contribution in [0.15, 0.2) is 146 Å². The largest absolute Gasteiger partial charge is 0.292 e. The molecule has 9 rings (SSSR count). The van der Waals surface area contributed by atoms with E-state index in [1.165, 1.54) is 52.8 Å². The highest BCUT2D eigenvalue weighted by atomic mass is 32.1. The van der Waals surface area contributed by atoms with Crippen LogP contribution in [0.3, 0.4) is 0 Å². The first-order chi connectivity index (χ1) is 20.8. The molecular formula is C39H24N2S. The minimum absolute atomic E-state index is 0.950. The van der Waals surface area contributed by atoms with Gasteiger partial charge in [0.05, 0.1) is 11.0 Å². The summed E-state index contributed by atoms with van der Waals surface area (Å²) in [7, 11) is 0. The first kappa shape index (κ1) is 23.5. The highest BCUT2D eigenvalue weighted by molar-refractivity contribution is 7.26. The van der Waals surface area contributed by atoms with Gasteiger partial charge in [-0.25, -0.2) is 4.98 Å². The summed E-state index contributed by atoms with van der Waals surface area (Å²) in [6.45, 7) is 0. The number of imidazole rings is 1. The fourth-order valence-electron chi connectivity index (χ4n) is 6.50. The second-order valence-corrected chi connectivity index (χ2v) is 11.8. The number of rotatable bonds is 3. The van der Waals surface area contributed by atoms with Gasteiger partial charge in [-0.2, -0.15) is 0 Å². The Hall–Kier alpha value is -5.25. The van der Waals surface area contributed by atoms with Gasteiger partial charge in [-0.05, 0) is 40.1 Å². The zero-order valence-corrected chi connectivity index (χ0v) is 23.5. The van der Waals surface area contributed by atoms with Gasteiger partial charge in [-0.3, -0.25) is 4.57 Å². The molecule has 0 spiro atoms. The van der Waals surface area contributed by atoms with Crippen LogP contribution in [0.2, 0.25) is 0 Å². The Morgan fingerprint density at radius 2 is 1.07 bits per heavy atom. The highest BCUT2D eigenvalue weighted by Gasteiger charge is 2.20. The average molecular weight is 553 g/mol. The summed E-state index contributed by atoms with van der Waals surface area (Å²) in [6, 6.07) is 52.3. The van der Waals surface area contributed by atoms with E-state index in [2.05, 4.69) is 150 Å². The standard InChI is InChI=1S/C39H24N2S/c1-2-11-26(12-3-1)39-40-36-32-16-6-4-13-29(32)30-14-5-7-17-33(30)37(36)41(39)27-23-21-25(22-24-27)28-18-10-19-34-31-15-8-9-20-35(31)42-38(28)34/h1-24H. The van der Waals surface area contributed by atoms with Gasteiger partial charge >= 0.3 is 0 Å². The predicted octanol–water partition coefficient (Wildman–Crippen LogP) is 11.0. The summed E-state index contributed by atoms with van der Waals surface area (Å²) in [5.74, 6) is 0.950. The van der Waals surface area contributed by atoms with E-state index in [0.29, 0.717) is 0 Å². The van der Waals surface area contributed by atoms with Crippen molar-refractivity contribution in [2.75, 3.05) is 0 Å². The van der Waals surface area contributed by atoms with Crippen LogP contribution in [0.4, 0.5) is 0 Å². The van der Waals surface area contributed by atoms with Crippen molar-refractivity contribution in [3.05, 3.63) is 146 Å². The number of fused-ring (bicyclic) bond motifs is 9. The van der Waals surface area contributed by atoms with E-state index in [9.17, 15) is 0 Å². The zero-order chi connectivity index (χ0) is 27.6. The molecule has 0 saturated heterocycles. The molecule has 0 N–H and O–H groups in total. The number of benzene rings is 7. The molecule has 0 unspecified atom stereocenters. The number of thiophene rings is 1. The Morgan fingerprint density at radius 1 is 0.452 bits per heavy atom. The lowest BCUT2D eigenvalue weighted by atomic mass is 9.99. The average Bonchev–Trinajstić information content (AvgIpc) is 3.65. The third kappa shape index (κ3) is 3.41. The van der Waals surface area contributed by atoms with Gasteiger partial charge in [0.2, 0.25) is 0 Å². The molecule has 0 aliphatic heterocycles. The zero-order valence-electron chi connectivity index (χ0n) is 22.7. The molecule has 0 aliphatic rings. The molecule has 9 aromatic rings. The molecule has 0 saturated carbocycles. The topological polar surface area (TPSA) is 17.8 Å². The van der Waals surface area contributed by atoms with Crippen LogP contribution in [-0.2, 0) is 0 Å². The Kier molecular flexibility index (Phi) is 5.10. The van der Waals surface area contributed by atoms with Crippen molar-refractivity contribution in [3.8, 4) is 28.2 Å².